The molecule has 1 saturated carbocycles. The molecule has 0 heteroatoms. The lowest BCUT2D eigenvalue weighted by Crippen LogP contribution is -2.19. The lowest BCUT2D eigenvalue weighted by Gasteiger charge is -2.30. The normalized spacial score (nSPS) is 24.0. The van der Waals surface area contributed by atoms with Gasteiger partial charge in [0, 0.05) is 0 Å². The van der Waals surface area contributed by atoms with Crippen molar-refractivity contribution in [3.8, 4) is 0 Å². The molecule has 0 spiro atoms. The fourth-order valence-electron chi connectivity index (χ4n) is 2.20. The van der Waals surface area contributed by atoms with E-state index in [9.17, 15) is 0 Å². The molecule has 0 N–H and O–H groups in total. The minimum Gasteiger partial charge on any atom is -0.0625 e. The van der Waals surface area contributed by atoms with Gasteiger partial charge in [-0.3, -0.25) is 0 Å². The summed E-state index contributed by atoms with van der Waals surface area (Å²) >= 11 is 0. The molecule has 1 aliphatic rings. The molecule has 0 aliphatic heterocycles. The first-order valence-electron chi connectivity index (χ1n) is 5.22. The van der Waals surface area contributed by atoms with Crippen LogP contribution in [0.4, 0.5) is 0 Å². The average molecular weight is 154 g/mol. The van der Waals surface area contributed by atoms with Gasteiger partial charge in [-0.05, 0) is 17.8 Å². The highest BCUT2D eigenvalue weighted by Crippen LogP contribution is 2.33. The molecule has 0 aromatic heterocycles. The molecule has 1 aliphatic carbocycles. The van der Waals surface area contributed by atoms with Crippen molar-refractivity contribution in [2.24, 2.45) is 17.8 Å². The molecule has 0 radical (unpaired) electrons. The Bertz CT molecular complexity index is 98.6. The van der Waals surface area contributed by atoms with Crippen molar-refractivity contribution in [3.63, 3.8) is 0 Å². The van der Waals surface area contributed by atoms with Crippen LogP contribution in [0.5, 0.6) is 0 Å². The first kappa shape index (κ1) is 9.09. The van der Waals surface area contributed by atoms with Crippen molar-refractivity contribution in [2.45, 2.75) is 52.9 Å². The molecule has 0 bridgehead atoms. The van der Waals surface area contributed by atoms with Crippen molar-refractivity contribution >= 4 is 0 Å². The van der Waals surface area contributed by atoms with Crippen molar-refractivity contribution in [3.05, 3.63) is 0 Å². The van der Waals surface area contributed by atoms with Crippen LogP contribution < -0.4 is 0 Å². The van der Waals surface area contributed by atoms with Crippen molar-refractivity contribution < 1.29 is 0 Å². The van der Waals surface area contributed by atoms with Gasteiger partial charge in [-0.2, -0.15) is 0 Å². The van der Waals surface area contributed by atoms with E-state index < -0.39 is 0 Å². The zero-order valence-corrected chi connectivity index (χ0v) is 8.27. The zero-order valence-electron chi connectivity index (χ0n) is 8.27. The fourth-order valence-corrected chi connectivity index (χ4v) is 2.20. The van der Waals surface area contributed by atoms with Gasteiger partial charge in [0.25, 0.3) is 0 Å². The monoisotopic (exact) mass is 154 g/mol. The first-order valence-corrected chi connectivity index (χ1v) is 5.22. The van der Waals surface area contributed by atoms with Gasteiger partial charge >= 0.3 is 0 Å². The smallest absolute Gasteiger partial charge is 0.0386 e. The Kier molecular flexibility index (Phi) is 3.42. The van der Waals surface area contributed by atoms with Crippen LogP contribution in [0.3, 0.4) is 0 Å². The molecule has 1 rings (SSSR count). The van der Waals surface area contributed by atoms with Gasteiger partial charge in [0.1, 0.15) is 0 Å². The maximum atomic E-state index is 2.43. The van der Waals surface area contributed by atoms with Crippen LogP contribution in [-0.4, -0.2) is 0 Å². The predicted molar refractivity (Wildman–Crippen MR) is 50.6 cm³/mol. The van der Waals surface area contributed by atoms with Crippen LogP contribution in [0, 0.1) is 17.8 Å². The van der Waals surface area contributed by atoms with E-state index in [1.54, 1.807) is 0 Å². The number of rotatable bonds is 2. The third-order valence-corrected chi connectivity index (χ3v) is 3.44. The van der Waals surface area contributed by atoms with Gasteiger partial charge in [-0.25, -0.2) is 0 Å². The molecule has 66 valence electrons. The van der Waals surface area contributed by atoms with Crippen molar-refractivity contribution in [1.82, 2.24) is 0 Å². The Labute approximate surface area is 71.4 Å². The molecule has 0 heterocycles. The second-order valence-corrected chi connectivity index (χ2v) is 4.50. The summed E-state index contributed by atoms with van der Waals surface area (Å²) in [5, 5.41) is 0. The van der Waals surface area contributed by atoms with Gasteiger partial charge in [0.2, 0.25) is 0 Å². The molecule has 0 nitrogen and oxygen atoms in total. The van der Waals surface area contributed by atoms with Crippen LogP contribution in [0.15, 0.2) is 0 Å². The van der Waals surface area contributed by atoms with E-state index in [0.29, 0.717) is 0 Å². The molecular weight excluding hydrogens is 132 g/mol. The minimum atomic E-state index is 0.887. The summed E-state index contributed by atoms with van der Waals surface area (Å²) in [5.74, 6) is 2.89. The molecule has 0 saturated heterocycles. The highest BCUT2D eigenvalue weighted by Gasteiger charge is 2.21. The summed E-state index contributed by atoms with van der Waals surface area (Å²) < 4.78 is 0. The van der Waals surface area contributed by atoms with Crippen molar-refractivity contribution in [1.29, 1.82) is 0 Å². The van der Waals surface area contributed by atoms with Crippen LogP contribution in [0.1, 0.15) is 52.9 Å². The standard InChI is InChI=1S/C11H22/c1-9(2)10(3)11-7-5-4-6-8-11/h9-11H,4-8H2,1-3H3. The lowest BCUT2D eigenvalue weighted by atomic mass is 9.76. The predicted octanol–water partition coefficient (Wildman–Crippen LogP) is 3.86. The minimum absolute atomic E-state index is 0.887. The Morgan fingerprint density at radius 3 is 1.91 bits per heavy atom. The Morgan fingerprint density at radius 1 is 0.909 bits per heavy atom. The maximum Gasteiger partial charge on any atom is -0.0386 e. The SMILES string of the molecule is CC(C)C(C)C1CCCCC1. The highest BCUT2D eigenvalue weighted by molar-refractivity contribution is 4.72. The van der Waals surface area contributed by atoms with Gasteiger partial charge in [-0.15, -0.1) is 0 Å². The molecule has 1 fully saturated rings. The Balaban J connectivity index is 2.32. The summed E-state index contributed by atoms with van der Waals surface area (Å²) in [4.78, 5) is 0. The summed E-state index contributed by atoms with van der Waals surface area (Å²) in [6.07, 6.45) is 7.46. The van der Waals surface area contributed by atoms with E-state index in [4.69, 9.17) is 0 Å². The van der Waals surface area contributed by atoms with Crippen LogP contribution in [-0.2, 0) is 0 Å². The van der Waals surface area contributed by atoms with E-state index in [-0.39, 0.29) is 0 Å². The van der Waals surface area contributed by atoms with Crippen LogP contribution in [0.25, 0.3) is 0 Å². The second-order valence-electron chi connectivity index (χ2n) is 4.50. The van der Waals surface area contributed by atoms with E-state index in [1.807, 2.05) is 0 Å². The molecule has 0 aromatic carbocycles. The average Bonchev–Trinajstić information content (AvgIpc) is 2.05. The lowest BCUT2D eigenvalue weighted by molar-refractivity contribution is 0.213. The van der Waals surface area contributed by atoms with E-state index in [2.05, 4.69) is 20.8 Å². The van der Waals surface area contributed by atoms with Gasteiger partial charge in [0.05, 0.1) is 0 Å². The van der Waals surface area contributed by atoms with Gasteiger partial charge < -0.3 is 0 Å². The van der Waals surface area contributed by atoms with E-state index in [1.165, 1.54) is 32.1 Å². The molecular formula is C11H22. The Hall–Kier alpha value is 0. The zero-order chi connectivity index (χ0) is 8.27. The topological polar surface area (TPSA) is 0 Å². The van der Waals surface area contributed by atoms with Crippen LogP contribution in [0.2, 0.25) is 0 Å². The summed E-state index contributed by atoms with van der Waals surface area (Å²) in [6.45, 7) is 7.15. The quantitative estimate of drug-likeness (QED) is 0.566. The number of hydrogen-bond acceptors (Lipinski definition) is 0. The third-order valence-electron chi connectivity index (χ3n) is 3.44. The van der Waals surface area contributed by atoms with Gasteiger partial charge in [-0.1, -0.05) is 52.9 Å². The second kappa shape index (κ2) is 4.13. The van der Waals surface area contributed by atoms with Crippen LogP contribution >= 0.6 is 0 Å². The Morgan fingerprint density at radius 2 is 1.45 bits per heavy atom. The van der Waals surface area contributed by atoms with E-state index in [0.717, 1.165) is 17.8 Å². The van der Waals surface area contributed by atoms with E-state index >= 15 is 0 Å². The molecule has 1 atom stereocenters. The molecule has 1 unspecified atom stereocenters. The van der Waals surface area contributed by atoms with Crippen molar-refractivity contribution in [2.75, 3.05) is 0 Å². The molecule has 0 amide bonds. The summed E-state index contributed by atoms with van der Waals surface area (Å²) in [7, 11) is 0. The third kappa shape index (κ3) is 2.50. The maximum absolute atomic E-state index is 2.43. The molecule has 0 aromatic rings. The number of hydrogen-bond donors (Lipinski definition) is 0. The van der Waals surface area contributed by atoms with Gasteiger partial charge in [0.15, 0.2) is 0 Å². The first-order chi connectivity index (χ1) is 5.22. The molecule has 11 heavy (non-hydrogen) atoms. The fraction of sp³-hybridized carbons (Fsp3) is 1.00. The summed E-state index contributed by atoms with van der Waals surface area (Å²) in [5.41, 5.74) is 0. The largest absolute Gasteiger partial charge is 0.0625 e. The highest BCUT2D eigenvalue weighted by atomic mass is 14.3. The summed E-state index contributed by atoms with van der Waals surface area (Å²) in [6, 6.07) is 0.